The normalized spacial score (nSPS) is 14.1. The van der Waals surface area contributed by atoms with Crippen molar-refractivity contribution in [1.82, 2.24) is 0 Å². The zero-order valence-corrected chi connectivity index (χ0v) is 13.6. The average Bonchev–Trinajstić information content (AvgIpc) is 2.48. The highest BCUT2D eigenvalue weighted by molar-refractivity contribution is 6.33. The second kappa shape index (κ2) is 5.85. The number of aryl methyl sites for hydroxylation is 1. The van der Waals surface area contributed by atoms with Crippen molar-refractivity contribution in [3.05, 3.63) is 42.8 Å². The first kappa shape index (κ1) is 15.8. The molecule has 0 atom stereocenters. The molecule has 23 heavy (non-hydrogen) atoms. The lowest BCUT2D eigenvalue weighted by atomic mass is 9.90. The molecule has 7 heteroatoms. The van der Waals surface area contributed by atoms with E-state index in [0.717, 1.165) is 18.4 Å². The van der Waals surface area contributed by atoms with Gasteiger partial charge in [0.1, 0.15) is 0 Å². The van der Waals surface area contributed by atoms with Gasteiger partial charge in [0.05, 0.1) is 16.0 Å². The monoisotopic (exact) mass is 337 g/mol. The molecule has 6 nitrogen and oxygen atoms in total. The van der Waals surface area contributed by atoms with Gasteiger partial charge in [-0.1, -0.05) is 11.6 Å². The first-order valence-corrected chi connectivity index (χ1v) is 7.90. The van der Waals surface area contributed by atoms with Gasteiger partial charge in [-0.3, -0.25) is 10.1 Å². The Labute approximate surface area is 137 Å². The van der Waals surface area contributed by atoms with Crippen molar-refractivity contribution in [2.45, 2.75) is 45.6 Å². The van der Waals surface area contributed by atoms with Gasteiger partial charge in [0.25, 0.3) is 0 Å². The first-order valence-electron chi connectivity index (χ1n) is 7.52. The summed E-state index contributed by atoms with van der Waals surface area (Å²) in [6.07, 6.45) is 2.86. The number of fused-ring (bicyclic) bond motifs is 3. The molecule has 0 amide bonds. The van der Waals surface area contributed by atoms with E-state index in [0.29, 0.717) is 23.8 Å². The quantitative estimate of drug-likeness (QED) is 0.480. The third-order valence-corrected chi connectivity index (χ3v) is 4.21. The summed E-state index contributed by atoms with van der Waals surface area (Å²) >= 11 is 6.23. The van der Waals surface area contributed by atoms with Crippen LogP contribution in [0.5, 0.6) is 5.75 Å². The fourth-order valence-corrected chi connectivity index (χ4v) is 3.27. The molecule has 0 saturated carbocycles. The number of nitro benzene ring substituents is 1. The summed E-state index contributed by atoms with van der Waals surface area (Å²) in [6, 6.07) is 1.61. The molecule has 0 unspecified atom stereocenters. The van der Waals surface area contributed by atoms with Crippen molar-refractivity contribution in [2.75, 3.05) is 0 Å². The lowest BCUT2D eigenvalue weighted by molar-refractivity contribution is -0.384. The maximum Gasteiger partial charge on any atom is 0.355 e. The molecule has 3 rings (SSSR count). The number of hydrogen-bond acceptors (Lipinski definition) is 5. The summed E-state index contributed by atoms with van der Waals surface area (Å²) in [6.45, 7) is 3.49. The molecule has 122 valence electrons. The average molecular weight is 338 g/mol. The highest BCUT2D eigenvalue weighted by Crippen LogP contribution is 2.43. The van der Waals surface area contributed by atoms with Gasteiger partial charge >= 0.3 is 11.3 Å². The standard InChI is InChI=1S/C16H16ClNO5/c1-8(2)22-15-12(17)7-11-9-5-3-4-6-10(9)16(19)23-14(11)13(15)18(20)21/h7-8H,3-6H2,1-2H3. The van der Waals surface area contributed by atoms with E-state index in [2.05, 4.69) is 0 Å². The van der Waals surface area contributed by atoms with E-state index in [1.54, 1.807) is 19.9 Å². The summed E-state index contributed by atoms with van der Waals surface area (Å²) < 4.78 is 10.8. The lowest BCUT2D eigenvalue weighted by Crippen LogP contribution is -2.16. The van der Waals surface area contributed by atoms with Crippen LogP contribution in [-0.2, 0) is 12.8 Å². The van der Waals surface area contributed by atoms with Crippen LogP contribution in [0.1, 0.15) is 37.8 Å². The largest absolute Gasteiger partial charge is 0.483 e. The van der Waals surface area contributed by atoms with Crippen molar-refractivity contribution in [1.29, 1.82) is 0 Å². The molecule has 0 spiro atoms. The second-order valence-corrected chi connectivity index (χ2v) is 6.30. The van der Waals surface area contributed by atoms with Gasteiger partial charge in [0.15, 0.2) is 0 Å². The van der Waals surface area contributed by atoms with Crippen LogP contribution in [0.3, 0.4) is 0 Å². The summed E-state index contributed by atoms with van der Waals surface area (Å²) in [5.41, 5.74) is 0.468. The molecule has 1 aliphatic rings. The molecule has 1 aromatic carbocycles. The second-order valence-electron chi connectivity index (χ2n) is 5.89. The van der Waals surface area contributed by atoms with Crippen LogP contribution in [0.15, 0.2) is 15.3 Å². The van der Waals surface area contributed by atoms with Crippen molar-refractivity contribution < 1.29 is 14.1 Å². The first-order chi connectivity index (χ1) is 10.9. The highest BCUT2D eigenvalue weighted by Gasteiger charge is 2.30. The van der Waals surface area contributed by atoms with Crippen molar-refractivity contribution >= 4 is 28.3 Å². The van der Waals surface area contributed by atoms with Crippen LogP contribution >= 0.6 is 11.6 Å². The van der Waals surface area contributed by atoms with Gasteiger partial charge in [0, 0.05) is 10.9 Å². The van der Waals surface area contributed by atoms with E-state index in [9.17, 15) is 14.9 Å². The number of rotatable bonds is 3. The molecular weight excluding hydrogens is 322 g/mol. The van der Waals surface area contributed by atoms with E-state index in [1.165, 1.54) is 0 Å². The van der Waals surface area contributed by atoms with E-state index >= 15 is 0 Å². The number of ether oxygens (including phenoxy) is 1. The Kier molecular flexibility index (Phi) is 4.02. The molecule has 2 aromatic rings. The summed E-state index contributed by atoms with van der Waals surface area (Å²) in [5.74, 6) is -0.0573. The number of nitrogens with zero attached hydrogens (tertiary/aromatic N) is 1. The Morgan fingerprint density at radius 1 is 1.30 bits per heavy atom. The minimum atomic E-state index is -0.607. The van der Waals surface area contributed by atoms with Crippen LogP contribution in [-0.4, -0.2) is 11.0 Å². The van der Waals surface area contributed by atoms with E-state index in [-0.39, 0.29) is 28.1 Å². The van der Waals surface area contributed by atoms with Crippen molar-refractivity contribution in [3.8, 4) is 5.75 Å². The van der Waals surface area contributed by atoms with Crippen LogP contribution in [0, 0.1) is 10.1 Å². The lowest BCUT2D eigenvalue weighted by Gasteiger charge is -2.18. The minimum absolute atomic E-state index is 0.0549. The predicted octanol–water partition coefficient (Wildman–Crippen LogP) is 4.02. The summed E-state index contributed by atoms with van der Waals surface area (Å²) in [5, 5.41) is 12.2. The smallest absolute Gasteiger partial charge is 0.355 e. The van der Waals surface area contributed by atoms with Gasteiger partial charge in [-0.2, -0.15) is 0 Å². The van der Waals surface area contributed by atoms with Gasteiger partial charge < -0.3 is 9.15 Å². The number of hydrogen-bond donors (Lipinski definition) is 0. The van der Waals surface area contributed by atoms with Crippen LogP contribution in [0.4, 0.5) is 5.69 Å². The molecule has 0 N–H and O–H groups in total. The van der Waals surface area contributed by atoms with Gasteiger partial charge in [-0.05, 0) is 51.2 Å². The van der Waals surface area contributed by atoms with Gasteiger partial charge in [0.2, 0.25) is 11.3 Å². The molecule has 0 saturated heterocycles. The molecule has 1 heterocycles. The number of benzene rings is 1. The summed E-state index contributed by atoms with van der Waals surface area (Å²) in [7, 11) is 0. The Morgan fingerprint density at radius 3 is 2.57 bits per heavy atom. The molecule has 0 aliphatic heterocycles. The zero-order valence-electron chi connectivity index (χ0n) is 12.8. The fourth-order valence-electron chi connectivity index (χ4n) is 3.02. The van der Waals surface area contributed by atoms with Crippen LogP contribution in [0.2, 0.25) is 5.02 Å². The molecule has 1 aromatic heterocycles. The van der Waals surface area contributed by atoms with E-state index in [1.807, 2.05) is 0 Å². The van der Waals surface area contributed by atoms with E-state index in [4.69, 9.17) is 20.8 Å². The maximum absolute atomic E-state index is 12.2. The molecule has 0 bridgehead atoms. The highest BCUT2D eigenvalue weighted by atomic mass is 35.5. The van der Waals surface area contributed by atoms with E-state index < -0.39 is 10.5 Å². The molecular formula is C16H16ClNO5. The Bertz CT molecular complexity index is 856. The van der Waals surface area contributed by atoms with Crippen LogP contribution < -0.4 is 10.4 Å². The van der Waals surface area contributed by atoms with Crippen molar-refractivity contribution in [3.63, 3.8) is 0 Å². The Hall–Kier alpha value is -2.08. The van der Waals surface area contributed by atoms with Gasteiger partial charge in [-0.25, -0.2) is 4.79 Å². The zero-order chi connectivity index (χ0) is 16.7. The topological polar surface area (TPSA) is 82.6 Å². The molecule has 1 aliphatic carbocycles. The fraction of sp³-hybridized carbons (Fsp3) is 0.438. The number of halogens is 1. The predicted molar refractivity (Wildman–Crippen MR) is 86.6 cm³/mol. The third-order valence-electron chi connectivity index (χ3n) is 3.93. The molecule has 0 radical (unpaired) electrons. The van der Waals surface area contributed by atoms with Crippen LogP contribution in [0.25, 0.3) is 11.0 Å². The van der Waals surface area contributed by atoms with Crippen molar-refractivity contribution in [2.24, 2.45) is 0 Å². The molecule has 0 fully saturated rings. The van der Waals surface area contributed by atoms with Gasteiger partial charge in [-0.15, -0.1) is 0 Å². The SMILES string of the molecule is CC(C)Oc1c(Cl)cc2c3c(c(=O)oc2c1[N+](=O)[O-])CCCC3. The minimum Gasteiger partial charge on any atom is -0.483 e. The Morgan fingerprint density at radius 2 is 1.96 bits per heavy atom. The third kappa shape index (κ3) is 2.67. The summed E-state index contributed by atoms with van der Waals surface area (Å²) in [4.78, 5) is 23.2. The maximum atomic E-state index is 12.2. The number of nitro groups is 1. The Balaban J connectivity index is 2.42.